The molecule has 3 rings (SSSR count). The van der Waals surface area contributed by atoms with Gasteiger partial charge in [0.1, 0.15) is 5.82 Å². The monoisotopic (exact) mass is 284 g/mol. The zero-order valence-electron chi connectivity index (χ0n) is 12.6. The number of piperidine rings is 1. The molecular weight excluding hydrogens is 260 g/mol. The van der Waals surface area contributed by atoms with Gasteiger partial charge in [-0.25, -0.2) is 4.98 Å². The highest BCUT2D eigenvalue weighted by Gasteiger charge is 2.25. The predicted octanol–water partition coefficient (Wildman–Crippen LogP) is 2.55. The van der Waals surface area contributed by atoms with Gasteiger partial charge < -0.3 is 10.3 Å². The third-order valence-corrected chi connectivity index (χ3v) is 4.36. The molecule has 21 heavy (non-hydrogen) atoms. The summed E-state index contributed by atoms with van der Waals surface area (Å²) in [6, 6.07) is 12.0. The first kappa shape index (κ1) is 14.3. The van der Waals surface area contributed by atoms with E-state index in [1.54, 1.807) is 0 Å². The topological polar surface area (TPSA) is 44.0 Å². The standard InChI is InChI=1S/C17H24N4/c1-14-11-16(20-12-17-18-8-9-19-17)7-10-21(14)13-15-5-3-2-4-6-15/h2-6,8-9,14,16,20H,7,10-13H2,1H3,(H,18,19)/t14-,16+/m0/s1. The van der Waals surface area contributed by atoms with Gasteiger partial charge in [0, 0.05) is 37.6 Å². The fourth-order valence-corrected chi connectivity index (χ4v) is 3.09. The molecule has 2 atom stereocenters. The second-order valence-electron chi connectivity index (χ2n) is 5.94. The molecule has 1 aliphatic rings. The van der Waals surface area contributed by atoms with Crippen molar-refractivity contribution in [3.8, 4) is 0 Å². The van der Waals surface area contributed by atoms with Crippen molar-refractivity contribution in [1.29, 1.82) is 0 Å². The molecule has 0 unspecified atom stereocenters. The van der Waals surface area contributed by atoms with Gasteiger partial charge in [-0.15, -0.1) is 0 Å². The highest BCUT2D eigenvalue weighted by Crippen LogP contribution is 2.20. The molecular formula is C17H24N4. The van der Waals surface area contributed by atoms with E-state index in [1.807, 2.05) is 12.4 Å². The van der Waals surface area contributed by atoms with Crippen molar-refractivity contribution in [2.24, 2.45) is 0 Å². The lowest BCUT2D eigenvalue weighted by Gasteiger charge is -2.38. The van der Waals surface area contributed by atoms with Gasteiger partial charge in [-0.1, -0.05) is 30.3 Å². The first-order valence-electron chi connectivity index (χ1n) is 7.81. The van der Waals surface area contributed by atoms with E-state index in [-0.39, 0.29) is 0 Å². The Kier molecular flexibility index (Phi) is 4.68. The highest BCUT2D eigenvalue weighted by atomic mass is 15.2. The number of nitrogens with one attached hydrogen (secondary N) is 2. The zero-order valence-corrected chi connectivity index (χ0v) is 12.6. The summed E-state index contributed by atoms with van der Waals surface area (Å²) in [5.74, 6) is 1.02. The van der Waals surface area contributed by atoms with Gasteiger partial charge in [0.15, 0.2) is 0 Å². The Morgan fingerprint density at radius 2 is 2.19 bits per heavy atom. The lowest BCUT2D eigenvalue weighted by Crippen LogP contribution is -2.46. The molecule has 0 radical (unpaired) electrons. The number of imidazole rings is 1. The van der Waals surface area contributed by atoms with E-state index in [0.29, 0.717) is 12.1 Å². The van der Waals surface area contributed by atoms with Gasteiger partial charge in [-0.3, -0.25) is 4.90 Å². The molecule has 1 fully saturated rings. The fourth-order valence-electron chi connectivity index (χ4n) is 3.09. The van der Waals surface area contributed by atoms with Crippen molar-refractivity contribution in [3.05, 3.63) is 54.1 Å². The lowest BCUT2D eigenvalue weighted by molar-refractivity contribution is 0.128. The molecule has 2 N–H and O–H groups in total. The maximum Gasteiger partial charge on any atom is 0.120 e. The Bertz CT molecular complexity index is 523. The minimum absolute atomic E-state index is 0.595. The zero-order chi connectivity index (χ0) is 14.5. The average Bonchev–Trinajstić information content (AvgIpc) is 3.02. The smallest absolute Gasteiger partial charge is 0.120 e. The van der Waals surface area contributed by atoms with Crippen LogP contribution in [0.3, 0.4) is 0 Å². The van der Waals surface area contributed by atoms with Crippen molar-refractivity contribution in [3.63, 3.8) is 0 Å². The van der Waals surface area contributed by atoms with Crippen LogP contribution in [0, 0.1) is 0 Å². The predicted molar refractivity (Wildman–Crippen MR) is 84.8 cm³/mol. The Morgan fingerprint density at radius 1 is 1.33 bits per heavy atom. The minimum atomic E-state index is 0.595. The Labute approximate surface area is 126 Å². The van der Waals surface area contributed by atoms with Crippen molar-refractivity contribution >= 4 is 0 Å². The molecule has 0 aliphatic carbocycles. The average molecular weight is 284 g/mol. The number of hydrogen-bond donors (Lipinski definition) is 2. The summed E-state index contributed by atoms with van der Waals surface area (Å²) < 4.78 is 0. The maximum atomic E-state index is 4.26. The van der Waals surface area contributed by atoms with Crippen molar-refractivity contribution in [2.75, 3.05) is 6.54 Å². The molecule has 0 saturated carbocycles. The SMILES string of the molecule is C[C@H]1C[C@H](NCc2ncc[nH]2)CCN1Cc1ccccc1. The summed E-state index contributed by atoms with van der Waals surface area (Å²) in [5, 5.41) is 3.62. The van der Waals surface area contributed by atoms with Crippen molar-refractivity contribution < 1.29 is 0 Å². The number of H-pyrrole nitrogens is 1. The molecule has 1 aromatic carbocycles. The number of rotatable bonds is 5. The van der Waals surface area contributed by atoms with Crippen LogP contribution in [0.5, 0.6) is 0 Å². The van der Waals surface area contributed by atoms with Gasteiger partial charge in [-0.2, -0.15) is 0 Å². The van der Waals surface area contributed by atoms with Gasteiger partial charge in [0.05, 0.1) is 6.54 Å². The largest absolute Gasteiger partial charge is 0.348 e. The van der Waals surface area contributed by atoms with Crippen molar-refractivity contribution in [2.45, 2.75) is 44.9 Å². The molecule has 112 valence electrons. The van der Waals surface area contributed by atoms with Crippen LogP contribution in [0.25, 0.3) is 0 Å². The van der Waals surface area contributed by atoms with Crippen LogP contribution < -0.4 is 5.32 Å². The number of aromatic amines is 1. The molecule has 2 heterocycles. The Balaban J connectivity index is 1.47. The Hall–Kier alpha value is -1.65. The maximum absolute atomic E-state index is 4.26. The van der Waals surface area contributed by atoms with E-state index in [9.17, 15) is 0 Å². The van der Waals surface area contributed by atoms with E-state index in [4.69, 9.17) is 0 Å². The molecule has 0 bridgehead atoms. The summed E-state index contributed by atoms with van der Waals surface area (Å²) in [4.78, 5) is 9.99. The van der Waals surface area contributed by atoms with Gasteiger partial charge in [-0.05, 0) is 25.3 Å². The summed E-state index contributed by atoms with van der Waals surface area (Å²) in [5.41, 5.74) is 1.41. The molecule has 2 aromatic rings. The summed E-state index contributed by atoms with van der Waals surface area (Å²) in [7, 11) is 0. The third kappa shape index (κ3) is 3.93. The number of hydrogen-bond acceptors (Lipinski definition) is 3. The van der Waals surface area contributed by atoms with Gasteiger partial charge >= 0.3 is 0 Å². The van der Waals surface area contributed by atoms with Crippen LogP contribution in [0.2, 0.25) is 0 Å². The molecule has 0 amide bonds. The van der Waals surface area contributed by atoms with Gasteiger partial charge in [0.25, 0.3) is 0 Å². The number of likely N-dealkylation sites (tertiary alicyclic amines) is 1. The van der Waals surface area contributed by atoms with Crippen LogP contribution in [0.15, 0.2) is 42.7 Å². The van der Waals surface area contributed by atoms with Crippen molar-refractivity contribution in [1.82, 2.24) is 20.2 Å². The van der Waals surface area contributed by atoms with Crippen LogP contribution in [-0.4, -0.2) is 33.5 Å². The quantitative estimate of drug-likeness (QED) is 0.887. The molecule has 0 spiro atoms. The van der Waals surface area contributed by atoms with Gasteiger partial charge in [0.2, 0.25) is 0 Å². The summed E-state index contributed by atoms with van der Waals surface area (Å²) in [6.07, 6.45) is 6.09. The molecule has 4 nitrogen and oxygen atoms in total. The second-order valence-corrected chi connectivity index (χ2v) is 5.94. The number of benzene rings is 1. The second kappa shape index (κ2) is 6.87. The molecule has 1 saturated heterocycles. The fraction of sp³-hybridized carbons (Fsp3) is 0.471. The van der Waals surface area contributed by atoms with Crippen LogP contribution >= 0.6 is 0 Å². The number of nitrogens with zero attached hydrogens (tertiary/aromatic N) is 2. The van der Waals surface area contributed by atoms with E-state index in [2.05, 4.69) is 57.4 Å². The summed E-state index contributed by atoms with van der Waals surface area (Å²) in [6.45, 7) is 5.39. The molecule has 4 heteroatoms. The number of aromatic nitrogens is 2. The highest BCUT2D eigenvalue weighted by molar-refractivity contribution is 5.14. The Morgan fingerprint density at radius 3 is 2.90 bits per heavy atom. The molecule has 1 aromatic heterocycles. The van der Waals surface area contributed by atoms with E-state index in [1.165, 1.54) is 18.4 Å². The van der Waals surface area contributed by atoms with Crippen LogP contribution in [-0.2, 0) is 13.1 Å². The summed E-state index contributed by atoms with van der Waals surface area (Å²) >= 11 is 0. The van der Waals surface area contributed by atoms with Crippen LogP contribution in [0.1, 0.15) is 31.2 Å². The molecule has 1 aliphatic heterocycles. The van der Waals surface area contributed by atoms with E-state index >= 15 is 0 Å². The normalized spacial score (nSPS) is 23.3. The first-order valence-corrected chi connectivity index (χ1v) is 7.81. The van der Waals surface area contributed by atoms with E-state index < -0.39 is 0 Å². The first-order chi connectivity index (χ1) is 10.3. The van der Waals surface area contributed by atoms with E-state index in [0.717, 1.165) is 25.5 Å². The minimum Gasteiger partial charge on any atom is -0.348 e. The third-order valence-electron chi connectivity index (χ3n) is 4.36. The van der Waals surface area contributed by atoms with Crippen LogP contribution in [0.4, 0.5) is 0 Å². The lowest BCUT2D eigenvalue weighted by atomic mass is 9.97.